The Morgan fingerprint density at radius 1 is 1.12 bits per heavy atom. The molecule has 0 amide bonds. The molecule has 1 N–H and O–H groups in total. The van der Waals surface area contributed by atoms with Crippen molar-refractivity contribution < 1.29 is 18.3 Å². The third kappa shape index (κ3) is 7.61. The first-order chi connectivity index (χ1) is 11.6. The number of hydrogen-bond donors (Lipinski definition) is 1. The van der Waals surface area contributed by atoms with Gasteiger partial charge < -0.3 is 9.29 Å². The molecule has 2 aromatic rings. The zero-order valence-corrected chi connectivity index (χ0v) is 14.7. The standard InChI is InChI=1S/C15H14O.C3H9NO3S/c1-2-12-7-6-10-14(11-12)15(16)13-8-4-3-5-9-13;1-7-3-2-4-8(5)6/h3-11H,2H2,1H3;4H,2-3H2,1H3,(H,5,6)/p-1. The van der Waals surface area contributed by atoms with Crippen molar-refractivity contribution in [2.75, 3.05) is 20.3 Å². The van der Waals surface area contributed by atoms with E-state index in [9.17, 15) is 13.6 Å². The number of carbonyl (C=O) groups excluding carboxylic acids is 1. The molecule has 24 heavy (non-hydrogen) atoms. The van der Waals surface area contributed by atoms with Crippen molar-refractivity contribution in [1.82, 2.24) is 4.72 Å². The van der Waals surface area contributed by atoms with Crippen LogP contribution in [0.4, 0.5) is 0 Å². The van der Waals surface area contributed by atoms with E-state index in [1.54, 1.807) is 0 Å². The molecular weight excluding hydrogens is 326 g/mol. The van der Waals surface area contributed by atoms with Crippen LogP contribution in [0, 0.1) is 0 Å². The molecule has 1 atom stereocenters. The summed E-state index contributed by atoms with van der Waals surface area (Å²) < 4.78 is 26.1. The number of aryl methyl sites for hydroxylation is 1. The summed E-state index contributed by atoms with van der Waals surface area (Å²) in [5, 5.41) is 0. The minimum absolute atomic E-state index is 0.0934. The third-order valence-corrected chi connectivity index (χ3v) is 3.60. The van der Waals surface area contributed by atoms with Crippen molar-refractivity contribution in [1.29, 1.82) is 0 Å². The number of nitrogens with one attached hydrogen (secondary N) is 1. The Labute approximate surface area is 145 Å². The number of benzene rings is 2. The lowest BCUT2D eigenvalue weighted by Crippen LogP contribution is -2.20. The SMILES string of the molecule is CCc1cccc(C(=O)c2ccccc2)c1.COCCNS(=O)[O-]. The van der Waals surface area contributed by atoms with Gasteiger partial charge in [-0.3, -0.25) is 9.00 Å². The molecule has 0 aliphatic heterocycles. The molecule has 0 saturated carbocycles. The van der Waals surface area contributed by atoms with Crippen molar-refractivity contribution in [2.45, 2.75) is 13.3 Å². The molecule has 0 heterocycles. The highest BCUT2D eigenvalue weighted by atomic mass is 32.2. The van der Waals surface area contributed by atoms with Gasteiger partial charge in [-0.15, -0.1) is 0 Å². The van der Waals surface area contributed by atoms with E-state index < -0.39 is 11.3 Å². The second-order valence-corrected chi connectivity index (χ2v) is 5.63. The summed E-state index contributed by atoms with van der Waals surface area (Å²) in [6.07, 6.45) is 0.954. The summed E-state index contributed by atoms with van der Waals surface area (Å²) in [5.74, 6) is 0.0934. The van der Waals surface area contributed by atoms with Crippen molar-refractivity contribution in [3.8, 4) is 0 Å². The predicted molar refractivity (Wildman–Crippen MR) is 94.5 cm³/mol. The van der Waals surface area contributed by atoms with Crippen molar-refractivity contribution in [3.63, 3.8) is 0 Å². The maximum absolute atomic E-state index is 12.1. The van der Waals surface area contributed by atoms with Crippen LogP contribution >= 0.6 is 0 Å². The quantitative estimate of drug-likeness (QED) is 0.474. The normalized spacial score (nSPS) is 11.3. The maximum Gasteiger partial charge on any atom is 0.193 e. The van der Waals surface area contributed by atoms with Gasteiger partial charge in [-0.25, -0.2) is 4.72 Å². The fourth-order valence-electron chi connectivity index (χ4n) is 1.92. The first-order valence-electron chi connectivity index (χ1n) is 7.58. The van der Waals surface area contributed by atoms with Gasteiger partial charge in [0.1, 0.15) is 0 Å². The van der Waals surface area contributed by atoms with Gasteiger partial charge in [0, 0.05) is 36.0 Å². The van der Waals surface area contributed by atoms with Crippen molar-refractivity contribution in [2.24, 2.45) is 0 Å². The van der Waals surface area contributed by atoms with Gasteiger partial charge in [0.15, 0.2) is 5.78 Å². The van der Waals surface area contributed by atoms with Crippen LogP contribution in [0.2, 0.25) is 0 Å². The lowest BCUT2D eigenvalue weighted by atomic mass is 10.0. The largest absolute Gasteiger partial charge is 0.760 e. The van der Waals surface area contributed by atoms with Crippen LogP contribution in [-0.4, -0.2) is 34.8 Å². The van der Waals surface area contributed by atoms with Crippen LogP contribution < -0.4 is 4.72 Å². The van der Waals surface area contributed by atoms with Gasteiger partial charge in [0.05, 0.1) is 6.61 Å². The van der Waals surface area contributed by atoms with Crippen LogP contribution in [0.3, 0.4) is 0 Å². The van der Waals surface area contributed by atoms with Gasteiger partial charge in [-0.2, -0.15) is 0 Å². The van der Waals surface area contributed by atoms with Gasteiger partial charge in [0.2, 0.25) is 0 Å². The van der Waals surface area contributed by atoms with Gasteiger partial charge in [0.25, 0.3) is 0 Å². The van der Waals surface area contributed by atoms with E-state index in [1.165, 1.54) is 12.7 Å². The Morgan fingerprint density at radius 3 is 2.38 bits per heavy atom. The van der Waals surface area contributed by atoms with E-state index in [4.69, 9.17) is 0 Å². The zero-order valence-electron chi connectivity index (χ0n) is 13.9. The number of hydrogen-bond acceptors (Lipinski definition) is 4. The second kappa shape index (κ2) is 11.6. The molecule has 0 aromatic heterocycles. The van der Waals surface area contributed by atoms with Gasteiger partial charge >= 0.3 is 0 Å². The first-order valence-corrected chi connectivity index (χ1v) is 8.66. The van der Waals surface area contributed by atoms with Crippen LogP contribution in [0.1, 0.15) is 28.4 Å². The average molecular weight is 348 g/mol. The Hall–Kier alpha value is -1.86. The molecule has 0 saturated heterocycles. The smallest absolute Gasteiger partial charge is 0.193 e. The summed E-state index contributed by atoms with van der Waals surface area (Å²) >= 11 is -2.15. The summed E-state index contributed by atoms with van der Waals surface area (Å²) in [5.41, 5.74) is 2.71. The van der Waals surface area contributed by atoms with E-state index in [0.29, 0.717) is 13.2 Å². The molecular formula is C18H22NO4S-. The monoisotopic (exact) mass is 348 g/mol. The fourth-order valence-corrected chi connectivity index (χ4v) is 2.17. The minimum atomic E-state index is -2.15. The number of rotatable bonds is 7. The zero-order chi connectivity index (χ0) is 17.8. The van der Waals surface area contributed by atoms with Crippen molar-refractivity contribution >= 4 is 17.0 Å². The topological polar surface area (TPSA) is 78.5 Å². The van der Waals surface area contributed by atoms with Crippen LogP contribution in [0.25, 0.3) is 0 Å². The van der Waals surface area contributed by atoms with E-state index >= 15 is 0 Å². The fraction of sp³-hybridized carbons (Fsp3) is 0.278. The molecule has 0 fully saturated rings. The summed E-state index contributed by atoms with van der Waals surface area (Å²) in [4.78, 5) is 12.1. The Morgan fingerprint density at radius 2 is 1.79 bits per heavy atom. The summed E-state index contributed by atoms with van der Waals surface area (Å²) in [6, 6.07) is 17.2. The van der Waals surface area contributed by atoms with E-state index in [-0.39, 0.29) is 5.78 Å². The van der Waals surface area contributed by atoms with Crippen LogP contribution in [-0.2, 0) is 22.4 Å². The number of carbonyl (C=O) groups is 1. The molecule has 6 heteroatoms. The number of methoxy groups -OCH3 is 1. The molecule has 5 nitrogen and oxygen atoms in total. The Kier molecular flexibility index (Phi) is 9.79. The van der Waals surface area contributed by atoms with E-state index in [0.717, 1.165) is 17.5 Å². The first kappa shape index (κ1) is 20.2. The van der Waals surface area contributed by atoms with Crippen LogP contribution in [0.5, 0.6) is 0 Å². The molecule has 0 bridgehead atoms. The predicted octanol–water partition coefficient (Wildman–Crippen LogP) is 2.50. The molecule has 0 radical (unpaired) electrons. The molecule has 0 spiro atoms. The summed E-state index contributed by atoms with van der Waals surface area (Å²) in [7, 11) is 1.51. The molecule has 130 valence electrons. The van der Waals surface area contributed by atoms with Crippen LogP contribution in [0.15, 0.2) is 54.6 Å². The molecule has 2 aromatic carbocycles. The Balaban J connectivity index is 0.000000307. The van der Waals surface area contributed by atoms with Crippen molar-refractivity contribution in [3.05, 3.63) is 71.3 Å². The lowest BCUT2D eigenvalue weighted by molar-refractivity contribution is 0.103. The van der Waals surface area contributed by atoms with E-state index in [1.807, 2.05) is 54.6 Å². The summed E-state index contributed by atoms with van der Waals surface area (Å²) in [6.45, 7) is 2.84. The van der Waals surface area contributed by atoms with E-state index in [2.05, 4.69) is 16.4 Å². The highest BCUT2D eigenvalue weighted by Gasteiger charge is 2.07. The maximum atomic E-state index is 12.1. The lowest BCUT2D eigenvalue weighted by Gasteiger charge is -2.04. The minimum Gasteiger partial charge on any atom is -0.760 e. The molecule has 2 rings (SSSR count). The van der Waals surface area contributed by atoms with Gasteiger partial charge in [-0.05, 0) is 18.1 Å². The highest BCUT2D eigenvalue weighted by Crippen LogP contribution is 2.11. The average Bonchev–Trinajstić information content (AvgIpc) is 2.62. The van der Waals surface area contributed by atoms with Gasteiger partial charge in [-0.1, -0.05) is 55.5 Å². The second-order valence-electron chi connectivity index (χ2n) is 4.87. The highest BCUT2D eigenvalue weighted by molar-refractivity contribution is 7.77. The molecule has 0 aliphatic carbocycles. The third-order valence-electron chi connectivity index (χ3n) is 3.16. The number of ether oxygens (including phenoxy) is 1. The molecule has 1 unspecified atom stereocenters. The Bertz CT molecular complexity index is 646. The molecule has 0 aliphatic rings. The number of ketones is 1.